The standard InChI is InChI=1S/C21H19BrN2O5/c1-4-29-18-11-15(28-3)7-5-13(18)10-16-19(25)23-21(27)24(20(16)26)14-6-8-17(22)12(2)9-14/h5-11H,4H2,1-3H3,(H,23,25,27)/b16-10-. The van der Waals surface area contributed by atoms with E-state index in [2.05, 4.69) is 21.2 Å². The van der Waals surface area contributed by atoms with Crippen molar-refractivity contribution in [1.29, 1.82) is 0 Å². The Labute approximate surface area is 176 Å². The van der Waals surface area contributed by atoms with Crippen molar-refractivity contribution in [2.45, 2.75) is 13.8 Å². The number of urea groups is 1. The van der Waals surface area contributed by atoms with E-state index >= 15 is 0 Å². The summed E-state index contributed by atoms with van der Waals surface area (Å²) in [5, 5.41) is 2.22. The molecular formula is C21H19BrN2O5. The van der Waals surface area contributed by atoms with Crippen molar-refractivity contribution in [1.82, 2.24) is 5.32 Å². The molecule has 1 N–H and O–H groups in total. The number of aryl methyl sites for hydroxylation is 1. The predicted octanol–water partition coefficient (Wildman–Crippen LogP) is 3.83. The summed E-state index contributed by atoms with van der Waals surface area (Å²) in [7, 11) is 1.53. The molecule has 8 heteroatoms. The monoisotopic (exact) mass is 458 g/mol. The number of methoxy groups -OCH3 is 1. The van der Waals surface area contributed by atoms with Crippen LogP contribution in [0.5, 0.6) is 11.5 Å². The van der Waals surface area contributed by atoms with Gasteiger partial charge in [-0.05, 0) is 55.8 Å². The average Bonchev–Trinajstić information content (AvgIpc) is 2.68. The molecule has 1 aliphatic heterocycles. The minimum absolute atomic E-state index is 0.170. The summed E-state index contributed by atoms with van der Waals surface area (Å²) in [6, 6.07) is 9.31. The Morgan fingerprint density at radius 1 is 1.14 bits per heavy atom. The molecule has 3 rings (SSSR count). The van der Waals surface area contributed by atoms with E-state index in [1.54, 1.807) is 36.4 Å². The molecule has 0 radical (unpaired) electrons. The summed E-state index contributed by atoms with van der Waals surface area (Å²) in [5.41, 5.74) is 1.56. The molecular weight excluding hydrogens is 440 g/mol. The third-order valence-corrected chi connectivity index (χ3v) is 5.21. The van der Waals surface area contributed by atoms with Crippen LogP contribution >= 0.6 is 15.9 Å². The molecule has 0 unspecified atom stereocenters. The Morgan fingerprint density at radius 3 is 2.55 bits per heavy atom. The van der Waals surface area contributed by atoms with E-state index in [0.717, 1.165) is 14.9 Å². The zero-order valence-electron chi connectivity index (χ0n) is 16.1. The van der Waals surface area contributed by atoms with Crippen LogP contribution in [-0.4, -0.2) is 31.6 Å². The number of barbiturate groups is 1. The largest absolute Gasteiger partial charge is 0.497 e. The third-order valence-electron chi connectivity index (χ3n) is 4.32. The first-order valence-electron chi connectivity index (χ1n) is 8.84. The van der Waals surface area contributed by atoms with Crippen LogP contribution in [-0.2, 0) is 9.59 Å². The van der Waals surface area contributed by atoms with Gasteiger partial charge in [0.2, 0.25) is 0 Å². The highest BCUT2D eigenvalue weighted by atomic mass is 79.9. The van der Waals surface area contributed by atoms with E-state index in [-0.39, 0.29) is 5.57 Å². The second kappa shape index (κ2) is 8.48. The van der Waals surface area contributed by atoms with Crippen molar-refractivity contribution in [3.63, 3.8) is 0 Å². The maximum atomic E-state index is 13.0. The fourth-order valence-electron chi connectivity index (χ4n) is 2.86. The molecule has 1 fully saturated rings. The minimum atomic E-state index is -0.793. The SMILES string of the molecule is CCOc1cc(OC)ccc1/C=C1/C(=O)NC(=O)N(c2ccc(Br)c(C)c2)C1=O. The van der Waals surface area contributed by atoms with E-state index in [1.165, 1.54) is 13.2 Å². The molecule has 1 aliphatic rings. The van der Waals surface area contributed by atoms with Crippen molar-refractivity contribution in [3.05, 3.63) is 57.6 Å². The minimum Gasteiger partial charge on any atom is -0.497 e. The molecule has 2 aromatic carbocycles. The normalized spacial score (nSPS) is 15.5. The number of halogens is 1. The average molecular weight is 459 g/mol. The highest BCUT2D eigenvalue weighted by molar-refractivity contribution is 9.10. The summed E-state index contributed by atoms with van der Waals surface area (Å²) in [6.07, 6.45) is 1.41. The summed E-state index contributed by atoms with van der Waals surface area (Å²) >= 11 is 3.39. The number of nitrogens with zero attached hydrogens (tertiary/aromatic N) is 1. The van der Waals surface area contributed by atoms with Gasteiger partial charge in [-0.15, -0.1) is 0 Å². The lowest BCUT2D eigenvalue weighted by Gasteiger charge is -2.27. The predicted molar refractivity (Wildman–Crippen MR) is 112 cm³/mol. The number of imide groups is 2. The Morgan fingerprint density at radius 2 is 1.90 bits per heavy atom. The second-order valence-corrected chi connectivity index (χ2v) is 7.08. The van der Waals surface area contributed by atoms with E-state index in [0.29, 0.717) is 29.4 Å². The number of hydrogen-bond acceptors (Lipinski definition) is 5. The van der Waals surface area contributed by atoms with Crippen molar-refractivity contribution in [2.24, 2.45) is 0 Å². The maximum Gasteiger partial charge on any atom is 0.335 e. The number of hydrogen-bond donors (Lipinski definition) is 1. The number of anilines is 1. The lowest BCUT2D eigenvalue weighted by atomic mass is 10.1. The fraction of sp³-hybridized carbons (Fsp3) is 0.190. The van der Waals surface area contributed by atoms with E-state index < -0.39 is 17.8 Å². The lowest BCUT2D eigenvalue weighted by molar-refractivity contribution is -0.122. The molecule has 7 nitrogen and oxygen atoms in total. The summed E-state index contributed by atoms with van der Waals surface area (Å²) in [6.45, 7) is 4.06. The highest BCUT2D eigenvalue weighted by Crippen LogP contribution is 2.30. The Bertz CT molecular complexity index is 1030. The molecule has 0 aliphatic carbocycles. The second-order valence-electron chi connectivity index (χ2n) is 6.23. The van der Waals surface area contributed by atoms with Gasteiger partial charge in [-0.3, -0.25) is 14.9 Å². The summed E-state index contributed by atoms with van der Waals surface area (Å²) in [4.78, 5) is 38.7. The number of rotatable bonds is 5. The van der Waals surface area contributed by atoms with Crippen LogP contribution in [0.2, 0.25) is 0 Å². The molecule has 0 bridgehead atoms. The molecule has 1 heterocycles. The number of benzene rings is 2. The van der Waals surface area contributed by atoms with Crippen LogP contribution in [0.4, 0.5) is 10.5 Å². The highest BCUT2D eigenvalue weighted by Gasteiger charge is 2.37. The Kier molecular flexibility index (Phi) is 6.03. The van der Waals surface area contributed by atoms with Crippen molar-refractivity contribution in [3.8, 4) is 11.5 Å². The summed E-state index contributed by atoms with van der Waals surface area (Å²) < 4.78 is 11.6. The van der Waals surface area contributed by atoms with Gasteiger partial charge < -0.3 is 9.47 Å². The topological polar surface area (TPSA) is 84.9 Å². The van der Waals surface area contributed by atoms with Crippen molar-refractivity contribution < 1.29 is 23.9 Å². The third kappa shape index (κ3) is 4.17. The number of carbonyl (C=O) groups excluding carboxylic acids is 3. The number of amides is 4. The van der Waals surface area contributed by atoms with Crippen LogP contribution in [0.15, 0.2) is 46.4 Å². The van der Waals surface area contributed by atoms with Gasteiger partial charge >= 0.3 is 6.03 Å². The molecule has 2 aromatic rings. The van der Waals surface area contributed by atoms with Gasteiger partial charge in [-0.25, -0.2) is 9.69 Å². The van der Waals surface area contributed by atoms with Crippen molar-refractivity contribution >= 4 is 45.5 Å². The molecule has 4 amide bonds. The Hall–Kier alpha value is -3.13. The first-order chi connectivity index (χ1) is 13.8. The number of nitrogens with one attached hydrogen (secondary N) is 1. The molecule has 0 saturated carbocycles. The van der Waals surface area contributed by atoms with Gasteiger partial charge in [0, 0.05) is 16.1 Å². The van der Waals surface area contributed by atoms with Crippen LogP contribution in [0.1, 0.15) is 18.1 Å². The smallest absolute Gasteiger partial charge is 0.335 e. The first-order valence-corrected chi connectivity index (χ1v) is 9.63. The Balaban J connectivity index is 2.05. The molecule has 29 heavy (non-hydrogen) atoms. The molecule has 0 aromatic heterocycles. The van der Waals surface area contributed by atoms with Gasteiger partial charge in [-0.1, -0.05) is 15.9 Å². The van der Waals surface area contributed by atoms with Crippen molar-refractivity contribution in [2.75, 3.05) is 18.6 Å². The maximum absolute atomic E-state index is 13.0. The van der Waals surface area contributed by atoms with E-state index in [4.69, 9.17) is 9.47 Å². The molecule has 150 valence electrons. The molecule has 0 spiro atoms. The lowest BCUT2D eigenvalue weighted by Crippen LogP contribution is -2.54. The zero-order chi connectivity index (χ0) is 21.1. The van der Waals surface area contributed by atoms with Gasteiger partial charge in [0.1, 0.15) is 17.1 Å². The van der Waals surface area contributed by atoms with Crippen LogP contribution in [0.3, 0.4) is 0 Å². The van der Waals surface area contributed by atoms with Gasteiger partial charge in [0.05, 0.1) is 19.4 Å². The van der Waals surface area contributed by atoms with E-state index in [1.807, 2.05) is 13.8 Å². The first kappa shape index (κ1) is 20.6. The fourth-order valence-corrected chi connectivity index (χ4v) is 3.10. The van der Waals surface area contributed by atoms with Gasteiger partial charge in [0.25, 0.3) is 11.8 Å². The van der Waals surface area contributed by atoms with Gasteiger partial charge in [0.15, 0.2) is 0 Å². The molecule has 0 atom stereocenters. The zero-order valence-corrected chi connectivity index (χ0v) is 17.7. The van der Waals surface area contributed by atoms with Crippen LogP contribution in [0, 0.1) is 6.92 Å². The molecule has 1 saturated heterocycles. The quantitative estimate of drug-likeness (QED) is 0.543. The van der Waals surface area contributed by atoms with E-state index in [9.17, 15) is 14.4 Å². The number of carbonyl (C=O) groups is 3. The van der Waals surface area contributed by atoms with Gasteiger partial charge in [-0.2, -0.15) is 0 Å². The summed E-state index contributed by atoms with van der Waals surface area (Å²) in [5.74, 6) is -0.429. The van der Waals surface area contributed by atoms with Crippen LogP contribution in [0.25, 0.3) is 6.08 Å². The van der Waals surface area contributed by atoms with Crippen LogP contribution < -0.4 is 19.7 Å². The number of ether oxygens (including phenoxy) is 2.